The lowest BCUT2D eigenvalue weighted by Gasteiger charge is -2.26. The molecular weight excluding hydrogens is 331 g/mol. The Kier molecular flexibility index (Phi) is 10.3. The Balaban J connectivity index is 1.76. The SMILES string of the molecule is CCCCCc1ccc(C#CC=CC2CCC(CCCCC)CC2)c(F)c1. The van der Waals surface area contributed by atoms with Crippen molar-refractivity contribution in [2.45, 2.75) is 90.9 Å². The summed E-state index contributed by atoms with van der Waals surface area (Å²) in [5.41, 5.74) is 1.59. The van der Waals surface area contributed by atoms with Crippen molar-refractivity contribution in [1.82, 2.24) is 0 Å². The van der Waals surface area contributed by atoms with Crippen LogP contribution in [0.5, 0.6) is 0 Å². The molecule has 1 aliphatic rings. The average molecular weight is 369 g/mol. The number of hydrogen-bond acceptors (Lipinski definition) is 0. The molecular formula is C26H37F. The molecule has 0 aromatic heterocycles. The molecule has 0 unspecified atom stereocenters. The molecule has 0 aliphatic heterocycles. The smallest absolute Gasteiger partial charge is 0.139 e. The van der Waals surface area contributed by atoms with Gasteiger partial charge in [-0.25, -0.2) is 4.39 Å². The molecule has 1 aromatic rings. The number of unbranched alkanes of at least 4 members (excludes halogenated alkanes) is 4. The molecule has 0 radical (unpaired) electrons. The minimum Gasteiger partial charge on any atom is -0.206 e. The van der Waals surface area contributed by atoms with Crippen LogP contribution in [0.4, 0.5) is 4.39 Å². The Labute approximate surface area is 166 Å². The van der Waals surface area contributed by atoms with Crippen molar-refractivity contribution < 1.29 is 4.39 Å². The zero-order valence-electron chi connectivity index (χ0n) is 17.4. The van der Waals surface area contributed by atoms with Gasteiger partial charge in [-0.15, -0.1) is 0 Å². The summed E-state index contributed by atoms with van der Waals surface area (Å²) in [5.74, 6) is 7.44. The fourth-order valence-corrected chi connectivity index (χ4v) is 4.05. The Morgan fingerprint density at radius 1 is 1.00 bits per heavy atom. The van der Waals surface area contributed by atoms with E-state index in [-0.39, 0.29) is 5.82 Å². The summed E-state index contributed by atoms with van der Waals surface area (Å²) in [4.78, 5) is 0. The second-order valence-electron chi connectivity index (χ2n) is 8.18. The van der Waals surface area contributed by atoms with Crippen LogP contribution in [0.2, 0.25) is 0 Å². The predicted molar refractivity (Wildman–Crippen MR) is 115 cm³/mol. The van der Waals surface area contributed by atoms with Gasteiger partial charge in [0.15, 0.2) is 0 Å². The fraction of sp³-hybridized carbons (Fsp3) is 0.615. The molecule has 1 aliphatic carbocycles. The van der Waals surface area contributed by atoms with E-state index in [0.717, 1.165) is 24.3 Å². The van der Waals surface area contributed by atoms with Crippen LogP contribution in [0, 0.1) is 29.5 Å². The highest BCUT2D eigenvalue weighted by molar-refractivity contribution is 5.39. The van der Waals surface area contributed by atoms with Crippen molar-refractivity contribution in [3.05, 3.63) is 47.3 Å². The summed E-state index contributed by atoms with van der Waals surface area (Å²) in [5, 5.41) is 0. The summed E-state index contributed by atoms with van der Waals surface area (Å²) in [6, 6.07) is 5.51. The Hall–Kier alpha value is -1.55. The van der Waals surface area contributed by atoms with E-state index >= 15 is 0 Å². The van der Waals surface area contributed by atoms with Crippen molar-refractivity contribution in [3.8, 4) is 11.8 Å². The van der Waals surface area contributed by atoms with Crippen LogP contribution >= 0.6 is 0 Å². The lowest BCUT2D eigenvalue weighted by atomic mass is 9.79. The van der Waals surface area contributed by atoms with Crippen molar-refractivity contribution in [2.24, 2.45) is 11.8 Å². The first-order valence-corrected chi connectivity index (χ1v) is 11.2. The second-order valence-corrected chi connectivity index (χ2v) is 8.18. The molecule has 0 N–H and O–H groups in total. The van der Waals surface area contributed by atoms with E-state index in [0.29, 0.717) is 11.5 Å². The maximum absolute atomic E-state index is 14.2. The predicted octanol–water partition coefficient (Wildman–Crippen LogP) is 7.85. The lowest BCUT2D eigenvalue weighted by Crippen LogP contribution is -2.12. The van der Waals surface area contributed by atoms with Crippen LogP contribution in [0.25, 0.3) is 0 Å². The van der Waals surface area contributed by atoms with Crippen molar-refractivity contribution in [2.75, 3.05) is 0 Å². The molecule has 1 saturated carbocycles. The number of halogens is 1. The fourth-order valence-electron chi connectivity index (χ4n) is 4.05. The highest BCUT2D eigenvalue weighted by Gasteiger charge is 2.18. The van der Waals surface area contributed by atoms with E-state index in [9.17, 15) is 4.39 Å². The van der Waals surface area contributed by atoms with E-state index in [2.05, 4.69) is 31.8 Å². The lowest BCUT2D eigenvalue weighted by molar-refractivity contribution is 0.289. The van der Waals surface area contributed by atoms with Crippen molar-refractivity contribution in [1.29, 1.82) is 0 Å². The summed E-state index contributed by atoms with van der Waals surface area (Å²) >= 11 is 0. The van der Waals surface area contributed by atoms with E-state index in [1.165, 1.54) is 64.2 Å². The first-order valence-electron chi connectivity index (χ1n) is 11.2. The maximum Gasteiger partial charge on any atom is 0.139 e. The van der Waals surface area contributed by atoms with Crippen LogP contribution in [0.15, 0.2) is 30.4 Å². The van der Waals surface area contributed by atoms with E-state index < -0.39 is 0 Å². The Morgan fingerprint density at radius 3 is 2.44 bits per heavy atom. The highest BCUT2D eigenvalue weighted by atomic mass is 19.1. The summed E-state index contributed by atoms with van der Waals surface area (Å²) in [6.07, 6.45) is 19.5. The van der Waals surface area contributed by atoms with Gasteiger partial charge in [-0.1, -0.05) is 76.4 Å². The normalized spacial score (nSPS) is 19.8. The zero-order chi connectivity index (χ0) is 19.3. The molecule has 0 atom stereocenters. The molecule has 0 amide bonds. The quantitative estimate of drug-likeness (QED) is 0.307. The summed E-state index contributed by atoms with van der Waals surface area (Å²) in [6.45, 7) is 4.46. The van der Waals surface area contributed by atoms with Crippen LogP contribution in [0.3, 0.4) is 0 Å². The molecule has 0 saturated heterocycles. The number of rotatable bonds is 9. The van der Waals surface area contributed by atoms with Gasteiger partial charge in [0.1, 0.15) is 5.82 Å². The minimum absolute atomic E-state index is 0.183. The number of benzene rings is 1. The molecule has 148 valence electrons. The number of aryl methyl sites for hydroxylation is 1. The second kappa shape index (κ2) is 12.8. The number of allylic oxidation sites excluding steroid dienone is 2. The van der Waals surface area contributed by atoms with Gasteiger partial charge in [-0.3, -0.25) is 0 Å². The van der Waals surface area contributed by atoms with Crippen molar-refractivity contribution >= 4 is 0 Å². The molecule has 0 bridgehead atoms. The maximum atomic E-state index is 14.2. The standard InChI is InChI=1S/C26H37F/c1-3-5-7-11-22-15-17-23(18-16-22)12-9-10-14-25-20-19-24(21-26(25)27)13-8-6-4-2/h9,12,19-23H,3-8,11,13,15-18H2,1-2H3. The van der Waals surface area contributed by atoms with Gasteiger partial charge in [-0.2, -0.15) is 0 Å². The molecule has 0 nitrogen and oxygen atoms in total. The van der Waals surface area contributed by atoms with Gasteiger partial charge in [0.25, 0.3) is 0 Å². The monoisotopic (exact) mass is 368 g/mol. The molecule has 1 fully saturated rings. The Bertz CT molecular complexity index is 623. The van der Waals surface area contributed by atoms with Crippen LogP contribution < -0.4 is 0 Å². The van der Waals surface area contributed by atoms with E-state index in [1.54, 1.807) is 6.07 Å². The van der Waals surface area contributed by atoms with Gasteiger partial charge in [0, 0.05) is 0 Å². The molecule has 0 heterocycles. The topological polar surface area (TPSA) is 0 Å². The first kappa shape index (κ1) is 21.7. The van der Waals surface area contributed by atoms with Crippen LogP contribution in [0.1, 0.15) is 95.6 Å². The molecule has 0 spiro atoms. The highest BCUT2D eigenvalue weighted by Crippen LogP contribution is 2.32. The third-order valence-electron chi connectivity index (χ3n) is 5.87. The van der Waals surface area contributed by atoms with E-state index in [1.807, 2.05) is 18.2 Å². The Morgan fingerprint density at radius 2 is 1.74 bits per heavy atom. The molecule has 2 rings (SSSR count). The largest absolute Gasteiger partial charge is 0.206 e. The number of hydrogen-bond donors (Lipinski definition) is 0. The molecule has 1 heteroatoms. The van der Waals surface area contributed by atoms with E-state index in [4.69, 9.17) is 0 Å². The summed E-state index contributed by atoms with van der Waals surface area (Å²) < 4.78 is 14.2. The zero-order valence-corrected chi connectivity index (χ0v) is 17.4. The van der Waals surface area contributed by atoms with Crippen LogP contribution in [-0.2, 0) is 6.42 Å². The third-order valence-corrected chi connectivity index (χ3v) is 5.87. The van der Waals surface area contributed by atoms with Gasteiger partial charge in [0.05, 0.1) is 5.56 Å². The summed E-state index contributed by atoms with van der Waals surface area (Å²) in [7, 11) is 0. The average Bonchev–Trinajstić information content (AvgIpc) is 2.68. The molecule has 27 heavy (non-hydrogen) atoms. The third kappa shape index (κ3) is 8.34. The van der Waals surface area contributed by atoms with Crippen molar-refractivity contribution in [3.63, 3.8) is 0 Å². The van der Waals surface area contributed by atoms with Gasteiger partial charge >= 0.3 is 0 Å². The van der Waals surface area contributed by atoms with Gasteiger partial charge < -0.3 is 0 Å². The van der Waals surface area contributed by atoms with Gasteiger partial charge in [0.2, 0.25) is 0 Å². The minimum atomic E-state index is -0.183. The first-order chi connectivity index (χ1) is 13.2. The molecule has 1 aromatic carbocycles. The van der Waals surface area contributed by atoms with Crippen LogP contribution in [-0.4, -0.2) is 0 Å². The van der Waals surface area contributed by atoms with Gasteiger partial charge in [-0.05, 0) is 74.1 Å².